The summed E-state index contributed by atoms with van der Waals surface area (Å²) in [5.74, 6) is 1.54. The average molecular weight is 317 g/mol. The van der Waals surface area contributed by atoms with Crippen molar-refractivity contribution in [3.8, 4) is 28.7 Å². The number of hydrogen-bond donors (Lipinski definition) is 0. The fraction of sp³-hybridized carbons (Fsp3) is 0. The van der Waals surface area contributed by atoms with E-state index in [-0.39, 0.29) is 0 Å². The fourth-order valence-electron chi connectivity index (χ4n) is 2.52. The summed E-state index contributed by atoms with van der Waals surface area (Å²) >= 11 is 0. The molecule has 0 bridgehead atoms. The Balaban J connectivity index is 1.71. The van der Waals surface area contributed by atoms with Gasteiger partial charge in [0.2, 0.25) is 0 Å². The molecular weight excluding hydrogens is 305 g/mol. The molecule has 0 N–H and O–H groups in total. The Kier molecular flexibility index (Phi) is 3.46. The molecule has 1 heterocycles. The second-order valence-electron chi connectivity index (χ2n) is 5.09. The molecule has 1 atom stereocenters. The highest BCUT2D eigenvalue weighted by Crippen LogP contribution is 2.49. The van der Waals surface area contributed by atoms with Crippen molar-refractivity contribution in [2.24, 2.45) is 0 Å². The van der Waals surface area contributed by atoms with Gasteiger partial charge in [0.15, 0.2) is 0 Å². The molecule has 110 valence electrons. The van der Waals surface area contributed by atoms with Crippen LogP contribution < -0.4 is 14.4 Å². The van der Waals surface area contributed by atoms with Gasteiger partial charge in [0.1, 0.15) is 11.5 Å². The van der Waals surface area contributed by atoms with E-state index in [0.717, 1.165) is 22.2 Å². The summed E-state index contributed by atoms with van der Waals surface area (Å²) in [7, 11) is -1.25. The maximum atomic E-state index is 8.88. The molecule has 1 aliphatic rings. The van der Waals surface area contributed by atoms with E-state index < -0.39 is 8.38 Å². The molecule has 0 fully saturated rings. The monoisotopic (exact) mass is 317 g/mol. The molecule has 23 heavy (non-hydrogen) atoms. The third-order valence-electron chi connectivity index (χ3n) is 3.63. The van der Waals surface area contributed by atoms with Gasteiger partial charge in [0.05, 0.1) is 16.9 Å². The minimum absolute atomic E-state index is 0.612. The molecule has 0 spiro atoms. The molecule has 0 aromatic heterocycles. The van der Waals surface area contributed by atoms with Crippen molar-refractivity contribution >= 4 is 13.7 Å². The van der Waals surface area contributed by atoms with Crippen molar-refractivity contribution in [3.63, 3.8) is 0 Å². The Labute approximate surface area is 135 Å². The van der Waals surface area contributed by atoms with E-state index >= 15 is 0 Å². The summed E-state index contributed by atoms with van der Waals surface area (Å²) in [6, 6.07) is 25.3. The highest BCUT2D eigenvalue weighted by molar-refractivity contribution is 7.57. The van der Waals surface area contributed by atoms with Crippen LogP contribution in [0.15, 0.2) is 72.8 Å². The first kappa shape index (κ1) is 13.8. The van der Waals surface area contributed by atoms with E-state index in [1.54, 1.807) is 24.3 Å². The zero-order valence-electron chi connectivity index (χ0n) is 12.1. The summed E-state index contributed by atoms with van der Waals surface area (Å²) in [5, 5.41) is 9.94. The topological polar surface area (TPSA) is 42.2 Å². The van der Waals surface area contributed by atoms with Gasteiger partial charge >= 0.3 is 8.38 Å². The van der Waals surface area contributed by atoms with Crippen LogP contribution in [0.4, 0.5) is 0 Å². The lowest BCUT2D eigenvalue weighted by molar-refractivity contribution is 0.500. The third kappa shape index (κ3) is 2.54. The molecule has 0 amide bonds. The van der Waals surface area contributed by atoms with Gasteiger partial charge in [-0.05, 0) is 42.0 Å². The van der Waals surface area contributed by atoms with E-state index in [9.17, 15) is 0 Å². The average Bonchev–Trinajstić information content (AvgIpc) is 2.62. The summed E-state index contributed by atoms with van der Waals surface area (Å²) in [5.41, 5.74) is 2.85. The first-order chi connectivity index (χ1) is 11.3. The molecule has 3 aromatic carbocycles. The maximum absolute atomic E-state index is 8.88. The quantitative estimate of drug-likeness (QED) is 0.647. The minimum Gasteiger partial charge on any atom is -0.435 e. The molecule has 0 aliphatic carbocycles. The minimum atomic E-state index is -1.25. The molecule has 1 unspecified atom stereocenters. The molecule has 3 aromatic rings. The fourth-order valence-corrected chi connectivity index (χ4v) is 4.01. The van der Waals surface area contributed by atoms with Crippen molar-refractivity contribution in [2.75, 3.05) is 0 Å². The SMILES string of the molecule is N#Cc1ccc(OP2Oc3ccccc3-c3ccccc32)cc1. The van der Waals surface area contributed by atoms with Gasteiger partial charge in [-0.25, -0.2) is 0 Å². The van der Waals surface area contributed by atoms with Gasteiger partial charge in [-0.2, -0.15) is 5.26 Å². The van der Waals surface area contributed by atoms with Crippen LogP contribution in [-0.2, 0) is 0 Å². The van der Waals surface area contributed by atoms with E-state index in [1.165, 1.54) is 0 Å². The molecule has 4 rings (SSSR count). The van der Waals surface area contributed by atoms with Crippen LogP contribution in [0.5, 0.6) is 11.5 Å². The van der Waals surface area contributed by atoms with Gasteiger partial charge in [-0.15, -0.1) is 0 Å². The van der Waals surface area contributed by atoms with Crippen molar-refractivity contribution in [1.29, 1.82) is 5.26 Å². The van der Waals surface area contributed by atoms with Crippen LogP contribution >= 0.6 is 8.38 Å². The van der Waals surface area contributed by atoms with Gasteiger partial charge in [-0.3, -0.25) is 0 Å². The number of para-hydroxylation sites is 1. The number of rotatable bonds is 2. The predicted molar refractivity (Wildman–Crippen MR) is 90.8 cm³/mol. The molecule has 4 heteroatoms. The van der Waals surface area contributed by atoms with Crippen LogP contribution in [0.25, 0.3) is 11.1 Å². The highest BCUT2D eigenvalue weighted by atomic mass is 31.2. The van der Waals surface area contributed by atoms with Crippen molar-refractivity contribution < 1.29 is 9.05 Å². The zero-order valence-corrected chi connectivity index (χ0v) is 13.0. The van der Waals surface area contributed by atoms with Crippen LogP contribution in [0.1, 0.15) is 5.56 Å². The Morgan fingerprint density at radius 1 is 0.826 bits per heavy atom. The van der Waals surface area contributed by atoms with E-state index in [4.69, 9.17) is 14.3 Å². The van der Waals surface area contributed by atoms with Crippen LogP contribution in [0.3, 0.4) is 0 Å². The van der Waals surface area contributed by atoms with E-state index in [0.29, 0.717) is 11.3 Å². The van der Waals surface area contributed by atoms with Crippen LogP contribution in [-0.4, -0.2) is 0 Å². The smallest absolute Gasteiger partial charge is 0.326 e. The largest absolute Gasteiger partial charge is 0.435 e. The second kappa shape index (κ2) is 5.76. The molecule has 1 aliphatic heterocycles. The van der Waals surface area contributed by atoms with Gasteiger partial charge in [0.25, 0.3) is 0 Å². The lowest BCUT2D eigenvalue weighted by atomic mass is 10.0. The van der Waals surface area contributed by atoms with Gasteiger partial charge < -0.3 is 9.05 Å². The molecule has 0 saturated carbocycles. The summed E-state index contributed by atoms with van der Waals surface area (Å²) < 4.78 is 12.2. The summed E-state index contributed by atoms with van der Waals surface area (Å²) in [4.78, 5) is 0. The lowest BCUT2D eigenvalue weighted by Crippen LogP contribution is -2.17. The maximum Gasteiger partial charge on any atom is 0.326 e. The Hall–Kier alpha value is -2.82. The van der Waals surface area contributed by atoms with Crippen molar-refractivity contribution in [1.82, 2.24) is 0 Å². The Morgan fingerprint density at radius 2 is 1.52 bits per heavy atom. The normalized spacial score (nSPS) is 14.8. The summed E-state index contributed by atoms with van der Waals surface area (Å²) in [6.07, 6.45) is 0. The Morgan fingerprint density at radius 3 is 2.30 bits per heavy atom. The number of fused-ring (bicyclic) bond motifs is 3. The standard InChI is InChI=1S/C19H12NO2P/c20-13-14-9-11-15(12-10-14)21-23-19-8-4-2-6-17(19)16-5-1-3-7-18(16)22-23/h1-12H. The Bertz CT molecular complexity index is 900. The zero-order chi connectivity index (χ0) is 15.6. The van der Waals surface area contributed by atoms with Gasteiger partial charge in [0, 0.05) is 5.56 Å². The number of nitrogens with zero attached hydrogens (tertiary/aromatic N) is 1. The molecular formula is C19H12NO2P. The molecule has 0 radical (unpaired) electrons. The van der Waals surface area contributed by atoms with Crippen LogP contribution in [0, 0.1) is 11.3 Å². The first-order valence-electron chi connectivity index (χ1n) is 7.20. The first-order valence-corrected chi connectivity index (χ1v) is 8.37. The lowest BCUT2D eigenvalue weighted by Gasteiger charge is -2.27. The van der Waals surface area contributed by atoms with Crippen molar-refractivity contribution in [3.05, 3.63) is 78.4 Å². The number of hydrogen-bond acceptors (Lipinski definition) is 3. The predicted octanol–water partition coefficient (Wildman–Crippen LogP) is 4.63. The second-order valence-corrected chi connectivity index (χ2v) is 6.45. The number of nitriles is 1. The molecule has 3 nitrogen and oxygen atoms in total. The van der Waals surface area contributed by atoms with Gasteiger partial charge in [-0.1, -0.05) is 36.4 Å². The van der Waals surface area contributed by atoms with Crippen molar-refractivity contribution in [2.45, 2.75) is 0 Å². The van der Waals surface area contributed by atoms with E-state index in [1.807, 2.05) is 36.4 Å². The summed E-state index contributed by atoms with van der Waals surface area (Å²) in [6.45, 7) is 0. The number of benzene rings is 3. The van der Waals surface area contributed by atoms with Crippen LogP contribution in [0.2, 0.25) is 0 Å². The highest BCUT2D eigenvalue weighted by Gasteiger charge is 2.28. The molecule has 0 saturated heterocycles. The van der Waals surface area contributed by atoms with E-state index in [2.05, 4.69) is 18.2 Å². The third-order valence-corrected chi connectivity index (χ3v) is 5.15.